The molecule has 0 aliphatic carbocycles. The van der Waals surface area contributed by atoms with Gasteiger partial charge in [-0.15, -0.1) is 0 Å². The van der Waals surface area contributed by atoms with Gasteiger partial charge in [-0.25, -0.2) is 4.39 Å². The molecule has 0 bridgehead atoms. The predicted octanol–water partition coefficient (Wildman–Crippen LogP) is 2.73. The van der Waals surface area contributed by atoms with Crippen molar-refractivity contribution in [3.63, 3.8) is 0 Å². The lowest BCUT2D eigenvalue weighted by atomic mass is 10.1. The molecule has 0 spiro atoms. The molecule has 2 aromatic rings. The summed E-state index contributed by atoms with van der Waals surface area (Å²) >= 11 is 0. The Kier molecular flexibility index (Phi) is 6.66. The lowest BCUT2D eigenvalue weighted by Crippen LogP contribution is -2.46. The van der Waals surface area contributed by atoms with Crippen LogP contribution in [0.15, 0.2) is 42.5 Å². The SMILES string of the molecule is CC[C@@H](C)NC(=O)CN1C(=O)COc2ccc(C(=O)COc3cccc(F)c3)cc21. The molecule has 1 atom stereocenters. The predicted molar refractivity (Wildman–Crippen MR) is 108 cm³/mol. The smallest absolute Gasteiger partial charge is 0.265 e. The minimum atomic E-state index is -0.462. The van der Waals surface area contributed by atoms with E-state index in [2.05, 4.69) is 5.32 Å². The Balaban J connectivity index is 1.74. The molecule has 30 heavy (non-hydrogen) atoms. The van der Waals surface area contributed by atoms with Crippen LogP contribution in [0.1, 0.15) is 30.6 Å². The van der Waals surface area contributed by atoms with Gasteiger partial charge < -0.3 is 14.8 Å². The molecule has 0 radical (unpaired) electrons. The van der Waals surface area contributed by atoms with Crippen molar-refractivity contribution >= 4 is 23.3 Å². The topological polar surface area (TPSA) is 84.9 Å². The normalized spacial score (nSPS) is 13.8. The van der Waals surface area contributed by atoms with Gasteiger partial charge >= 0.3 is 0 Å². The van der Waals surface area contributed by atoms with Crippen molar-refractivity contribution in [1.29, 1.82) is 0 Å². The Labute approximate surface area is 173 Å². The minimum absolute atomic E-state index is 0.0130. The summed E-state index contributed by atoms with van der Waals surface area (Å²) in [5, 5.41) is 2.82. The fourth-order valence-corrected chi connectivity index (χ4v) is 2.90. The van der Waals surface area contributed by atoms with Crippen LogP contribution in [0.5, 0.6) is 11.5 Å². The van der Waals surface area contributed by atoms with E-state index in [1.807, 2.05) is 13.8 Å². The van der Waals surface area contributed by atoms with Crippen LogP contribution in [0.3, 0.4) is 0 Å². The third-order valence-electron chi connectivity index (χ3n) is 4.71. The molecule has 2 aromatic carbocycles. The Morgan fingerprint density at radius 3 is 2.80 bits per heavy atom. The highest BCUT2D eigenvalue weighted by Gasteiger charge is 2.28. The summed E-state index contributed by atoms with van der Waals surface area (Å²) in [6.07, 6.45) is 0.767. The number of hydrogen-bond acceptors (Lipinski definition) is 5. The number of benzene rings is 2. The third kappa shape index (κ3) is 5.14. The molecule has 2 amide bonds. The minimum Gasteiger partial charge on any atom is -0.485 e. The highest BCUT2D eigenvalue weighted by Crippen LogP contribution is 2.33. The molecule has 1 aliphatic rings. The quantitative estimate of drug-likeness (QED) is 0.672. The van der Waals surface area contributed by atoms with Gasteiger partial charge in [0.15, 0.2) is 19.0 Å². The number of nitrogens with one attached hydrogen (secondary N) is 1. The van der Waals surface area contributed by atoms with Crippen LogP contribution < -0.4 is 19.7 Å². The molecule has 1 heterocycles. The molecule has 0 unspecified atom stereocenters. The average Bonchev–Trinajstić information content (AvgIpc) is 2.73. The second-order valence-electron chi connectivity index (χ2n) is 7.00. The number of halogens is 1. The number of carbonyl (C=O) groups excluding carboxylic acids is 3. The van der Waals surface area contributed by atoms with Crippen molar-refractivity contribution in [3.8, 4) is 11.5 Å². The van der Waals surface area contributed by atoms with Crippen molar-refractivity contribution in [2.45, 2.75) is 26.3 Å². The fraction of sp³-hybridized carbons (Fsp3) is 0.318. The van der Waals surface area contributed by atoms with Crippen LogP contribution >= 0.6 is 0 Å². The van der Waals surface area contributed by atoms with Gasteiger partial charge in [0.2, 0.25) is 5.91 Å². The van der Waals surface area contributed by atoms with Crippen LogP contribution in [0, 0.1) is 5.82 Å². The Morgan fingerprint density at radius 2 is 2.07 bits per heavy atom. The summed E-state index contributed by atoms with van der Waals surface area (Å²) in [6.45, 7) is 3.17. The number of ether oxygens (including phenoxy) is 2. The second kappa shape index (κ2) is 9.39. The molecular weight excluding hydrogens is 391 g/mol. The van der Waals surface area contributed by atoms with Gasteiger partial charge in [0.25, 0.3) is 5.91 Å². The molecule has 158 valence electrons. The molecular formula is C22H23FN2O5. The van der Waals surface area contributed by atoms with Crippen molar-refractivity contribution < 1.29 is 28.2 Å². The third-order valence-corrected chi connectivity index (χ3v) is 4.71. The van der Waals surface area contributed by atoms with E-state index >= 15 is 0 Å². The molecule has 3 rings (SSSR count). The zero-order valence-electron chi connectivity index (χ0n) is 16.8. The molecule has 0 saturated heterocycles. The highest BCUT2D eigenvalue weighted by molar-refractivity contribution is 6.04. The van der Waals surface area contributed by atoms with Crippen molar-refractivity contribution in [1.82, 2.24) is 5.32 Å². The number of hydrogen-bond donors (Lipinski definition) is 1. The van der Waals surface area contributed by atoms with E-state index in [1.54, 1.807) is 18.2 Å². The second-order valence-corrected chi connectivity index (χ2v) is 7.00. The van der Waals surface area contributed by atoms with E-state index in [0.717, 1.165) is 6.42 Å². The van der Waals surface area contributed by atoms with Gasteiger partial charge in [0.1, 0.15) is 23.9 Å². The highest BCUT2D eigenvalue weighted by atomic mass is 19.1. The van der Waals surface area contributed by atoms with E-state index in [0.29, 0.717) is 11.4 Å². The van der Waals surface area contributed by atoms with Gasteiger partial charge in [0, 0.05) is 17.7 Å². The van der Waals surface area contributed by atoms with Gasteiger partial charge in [-0.2, -0.15) is 0 Å². The number of rotatable bonds is 8. The van der Waals surface area contributed by atoms with Gasteiger partial charge in [-0.1, -0.05) is 13.0 Å². The standard InChI is InChI=1S/C22H23FN2O5/c1-3-14(2)24-21(27)11-25-18-9-15(7-8-20(18)30-13-22(25)28)19(26)12-29-17-6-4-5-16(23)10-17/h4-10,14H,3,11-13H2,1-2H3,(H,24,27)/t14-/m1/s1. The molecule has 7 nitrogen and oxygen atoms in total. The number of ketones is 1. The van der Waals surface area contributed by atoms with E-state index in [1.165, 1.54) is 29.2 Å². The van der Waals surface area contributed by atoms with Gasteiger partial charge in [-0.05, 0) is 43.7 Å². The number of nitrogens with zero attached hydrogens (tertiary/aromatic N) is 1. The maximum Gasteiger partial charge on any atom is 0.265 e. The maximum absolute atomic E-state index is 13.2. The number of anilines is 1. The molecule has 0 saturated carbocycles. The zero-order valence-corrected chi connectivity index (χ0v) is 16.8. The van der Waals surface area contributed by atoms with Crippen LogP contribution in [0.25, 0.3) is 0 Å². The Morgan fingerprint density at radius 1 is 1.27 bits per heavy atom. The summed E-state index contributed by atoms with van der Waals surface area (Å²) in [6, 6.07) is 10.1. The van der Waals surface area contributed by atoms with Crippen molar-refractivity contribution in [3.05, 3.63) is 53.8 Å². The summed E-state index contributed by atoms with van der Waals surface area (Å²) in [5.41, 5.74) is 0.637. The number of amides is 2. The van der Waals surface area contributed by atoms with E-state index < -0.39 is 5.82 Å². The van der Waals surface area contributed by atoms with E-state index in [9.17, 15) is 18.8 Å². The number of Topliss-reactive ketones (excluding diaryl/α,β-unsaturated/α-hetero) is 1. The summed E-state index contributed by atoms with van der Waals surface area (Å²) in [7, 11) is 0. The summed E-state index contributed by atoms with van der Waals surface area (Å²) in [4.78, 5) is 38.5. The molecule has 8 heteroatoms. The molecule has 1 aliphatic heterocycles. The maximum atomic E-state index is 13.2. The Bertz CT molecular complexity index is 962. The van der Waals surface area contributed by atoms with Crippen LogP contribution in [0.2, 0.25) is 0 Å². The monoisotopic (exact) mass is 414 g/mol. The van der Waals surface area contributed by atoms with E-state index in [-0.39, 0.29) is 54.7 Å². The van der Waals surface area contributed by atoms with Crippen LogP contribution in [0.4, 0.5) is 10.1 Å². The zero-order chi connectivity index (χ0) is 21.7. The Hall–Kier alpha value is -3.42. The largest absolute Gasteiger partial charge is 0.485 e. The lowest BCUT2D eigenvalue weighted by Gasteiger charge is -2.29. The first kappa shape index (κ1) is 21.3. The van der Waals surface area contributed by atoms with Crippen LogP contribution in [-0.4, -0.2) is 43.4 Å². The van der Waals surface area contributed by atoms with Gasteiger partial charge in [-0.3, -0.25) is 19.3 Å². The first-order valence-corrected chi connectivity index (χ1v) is 9.65. The first-order chi connectivity index (χ1) is 14.4. The number of fused-ring (bicyclic) bond motifs is 1. The van der Waals surface area contributed by atoms with E-state index in [4.69, 9.17) is 9.47 Å². The van der Waals surface area contributed by atoms with Crippen molar-refractivity contribution in [2.75, 3.05) is 24.7 Å². The fourth-order valence-electron chi connectivity index (χ4n) is 2.90. The summed E-state index contributed by atoms with van der Waals surface area (Å²) < 4.78 is 24.0. The lowest BCUT2D eigenvalue weighted by molar-refractivity contribution is -0.125. The van der Waals surface area contributed by atoms with Gasteiger partial charge in [0.05, 0.1) is 5.69 Å². The molecule has 0 aromatic heterocycles. The first-order valence-electron chi connectivity index (χ1n) is 9.65. The van der Waals surface area contributed by atoms with Crippen molar-refractivity contribution in [2.24, 2.45) is 0 Å². The molecule has 0 fully saturated rings. The molecule has 1 N–H and O–H groups in total. The summed E-state index contributed by atoms with van der Waals surface area (Å²) in [5.74, 6) is -0.837. The number of carbonyl (C=O) groups is 3. The average molecular weight is 414 g/mol. The van der Waals surface area contributed by atoms with Crippen LogP contribution in [-0.2, 0) is 9.59 Å².